The minimum absolute atomic E-state index is 0.270. The van der Waals surface area contributed by atoms with Gasteiger partial charge in [-0.2, -0.15) is 18.3 Å². The Hall–Kier alpha value is -2.90. The molecule has 0 radical (unpaired) electrons. The Kier molecular flexibility index (Phi) is 3.28. The molecule has 5 nitrogen and oxygen atoms in total. The van der Waals surface area contributed by atoms with E-state index in [0.29, 0.717) is 11.3 Å². The summed E-state index contributed by atoms with van der Waals surface area (Å²) < 4.78 is 40.0. The zero-order chi connectivity index (χ0) is 15.7. The molecule has 0 bridgehead atoms. The Labute approximate surface area is 123 Å². The van der Waals surface area contributed by atoms with E-state index in [-0.39, 0.29) is 11.5 Å². The Morgan fingerprint density at radius 1 is 1.09 bits per heavy atom. The first-order valence-electron chi connectivity index (χ1n) is 6.25. The molecule has 0 aliphatic heterocycles. The number of nitrogens with two attached hydrogens (primary N) is 1. The molecule has 3 aromatic rings. The molecule has 0 fully saturated rings. The highest BCUT2D eigenvalue weighted by Crippen LogP contribution is 2.32. The maximum Gasteiger partial charge on any atom is 0.435 e. The Bertz CT molecular complexity index is 778. The van der Waals surface area contributed by atoms with Crippen molar-refractivity contribution in [1.29, 1.82) is 0 Å². The average Bonchev–Trinajstić information content (AvgIpc) is 2.94. The highest BCUT2D eigenvalue weighted by atomic mass is 19.4. The summed E-state index contributed by atoms with van der Waals surface area (Å²) in [6, 6.07) is 7.33. The molecule has 3 heterocycles. The number of hydrogen-bond donors (Lipinski definition) is 1. The molecule has 0 spiro atoms. The van der Waals surface area contributed by atoms with Crippen LogP contribution in [-0.4, -0.2) is 19.7 Å². The third-order valence-corrected chi connectivity index (χ3v) is 2.97. The van der Waals surface area contributed by atoms with Gasteiger partial charge in [0.2, 0.25) is 0 Å². The number of halogens is 3. The standard InChI is InChI=1S/C14H10F3N5/c15-14(16,17)12-6-11(9-2-1-5-19-7-9)22(21-12)10-3-4-13(18)20-8-10/h1-8H,(H2,18,20). The van der Waals surface area contributed by atoms with Gasteiger partial charge in [0.05, 0.1) is 17.6 Å². The lowest BCUT2D eigenvalue weighted by Crippen LogP contribution is -2.07. The van der Waals surface area contributed by atoms with Crippen molar-refractivity contribution in [2.45, 2.75) is 6.18 Å². The molecule has 112 valence electrons. The predicted molar refractivity (Wildman–Crippen MR) is 74.0 cm³/mol. The molecule has 3 rings (SSSR count). The average molecular weight is 305 g/mol. The van der Waals surface area contributed by atoms with Crippen molar-refractivity contribution in [2.75, 3.05) is 5.73 Å². The first-order chi connectivity index (χ1) is 10.4. The molecule has 0 aromatic carbocycles. The number of alkyl halides is 3. The number of nitrogens with zero attached hydrogens (tertiary/aromatic N) is 4. The van der Waals surface area contributed by atoms with Crippen LogP contribution >= 0.6 is 0 Å². The van der Waals surface area contributed by atoms with Gasteiger partial charge in [0, 0.05) is 18.0 Å². The van der Waals surface area contributed by atoms with E-state index >= 15 is 0 Å². The second-order valence-corrected chi connectivity index (χ2v) is 4.51. The molecular formula is C14H10F3N5. The Morgan fingerprint density at radius 3 is 2.50 bits per heavy atom. The molecule has 0 aliphatic carbocycles. The second-order valence-electron chi connectivity index (χ2n) is 4.51. The van der Waals surface area contributed by atoms with E-state index in [4.69, 9.17) is 5.73 Å². The Balaban J connectivity index is 2.19. The molecule has 2 N–H and O–H groups in total. The zero-order valence-corrected chi connectivity index (χ0v) is 11.1. The monoisotopic (exact) mass is 305 g/mol. The molecule has 8 heteroatoms. The van der Waals surface area contributed by atoms with Crippen LogP contribution in [0.3, 0.4) is 0 Å². The molecule has 0 saturated carbocycles. The summed E-state index contributed by atoms with van der Waals surface area (Å²) in [6.45, 7) is 0. The quantitative estimate of drug-likeness (QED) is 0.790. The van der Waals surface area contributed by atoms with Crippen molar-refractivity contribution in [1.82, 2.24) is 19.7 Å². The lowest BCUT2D eigenvalue weighted by atomic mass is 10.2. The molecule has 0 atom stereocenters. The van der Waals surface area contributed by atoms with Gasteiger partial charge in [-0.3, -0.25) is 4.98 Å². The van der Waals surface area contributed by atoms with Crippen LogP contribution in [-0.2, 0) is 6.18 Å². The number of hydrogen-bond acceptors (Lipinski definition) is 4. The van der Waals surface area contributed by atoms with Gasteiger partial charge < -0.3 is 5.73 Å². The fourth-order valence-electron chi connectivity index (χ4n) is 1.96. The van der Waals surface area contributed by atoms with Crippen LogP contribution in [0.15, 0.2) is 48.9 Å². The topological polar surface area (TPSA) is 69.6 Å². The second kappa shape index (κ2) is 5.14. The lowest BCUT2D eigenvalue weighted by molar-refractivity contribution is -0.141. The molecule has 3 aromatic heterocycles. The van der Waals surface area contributed by atoms with Crippen molar-refractivity contribution in [2.24, 2.45) is 0 Å². The van der Waals surface area contributed by atoms with Gasteiger partial charge in [0.1, 0.15) is 5.82 Å². The van der Waals surface area contributed by atoms with Crippen molar-refractivity contribution in [3.8, 4) is 16.9 Å². The van der Waals surface area contributed by atoms with Crippen LogP contribution in [0.2, 0.25) is 0 Å². The van der Waals surface area contributed by atoms with Gasteiger partial charge in [-0.25, -0.2) is 9.67 Å². The first kappa shape index (κ1) is 14.1. The highest BCUT2D eigenvalue weighted by Gasteiger charge is 2.35. The van der Waals surface area contributed by atoms with Crippen molar-refractivity contribution < 1.29 is 13.2 Å². The smallest absolute Gasteiger partial charge is 0.384 e. The van der Waals surface area contributed by atoms with E-state index < -0.39 is 11.9 Å². The summed E-state index contributed by atoms with van der Waals surface area (Å²) in [5.74, 6) is 0.273. The molecule has 0 saturated heterocycles. The van der Waals surface area contributed by atoms with Crippen LogP contribution in [0, 0.1) is 0 Å². The van der Waals surface area contributed by atoms with Gasteiger partial charge >= 0.3 is 6.18 Å². The van der Waals surface area contributed by atoms with Crippen LogP contribution < -0.4 is 5.73 Å². The number of aromatic nitrogens is 4. The highest BCUT2D eigenvalue weighted by molar-refractivity contribution is 5.61. The van der Waals surface area contributed by atoms with E-state index in [9.17, 15) is 13.2 Å². The fraction of sp³-hybridized carbons (Fsp3) is 0.0714. The molecule has 0 unspecified atom stereocenters. The maximum atomic E-state index is 12.9. The van der Waals surface area contributed by atoms with Gasteiger partial charge in [0.15, 0.2) is 5.69 Å². The fourth-order valence-corrected chi connectivity index (χ4v) is 1.96. The van der Waals surface area contributed by atoms with E-state index in [1.54, 1.807) is 24.4 Å². The Morgan fingerprint density at radius 2 is 1.91 bits per heavy atom. The van der Waals surface area contributed by atoms with Crippen LogP contribution in [0.1, 0.15) is 5.69 Å². The first-order valence-corrected chi connectivity index (χ1v) is 6.25. The largest absolute Gasteiger partial charge is 0.435 e. The number of nitrogen functional groups attached to an aromatic ring is 1. The van der Waals surface area contributed by atoms with Gasteiger partial charge in [-0.1, -0.05) is 0 Å². The summed E-state index contributed by atoms with van der Waals surface area (Å²) in [5.41, 5.74) is 5.68. The van der Waals surface area contributed by atoms with Crippen LogP contribution in [0.25, 0.3) is 16.9 Å². The van der Waals surface area contributed by atoms with E-state index in [1.807, 2.05) is 0 Å². The van der Waals surface area contributed by atoms with Gasteiger partial charge in [-0.05, 0) is 30.3 Å². The summed E-state index contributed by atoms with van der Waals surface area (Å²) in [7, 11) is 0. The molecule has 0 aliphatic rings. The normalized spacial score (nSPS) is 11.6. The third-order valence-electron chi connectivity index (χ3n) is 2.97. The SMILES string of the molecule is Nc1ccc(-n2nc(C(F)(F)F)cc2-c2cccnc2)cn1. The maximum absolute atomic E-state index is 12.9. The zero-order valence-electron chi connectivity index (χ0n) is 11.1. The molecule has 22 heavy (non-hydrogen) atoms. The molecule has 0 amide bonds. The minimum atomic E-state index is -4.54. The number of rotatable bonds is 2. The number of pyridine rings is 2. The van der Waals surface area contributed by atoms with E-state index in [0.717, 1.165) is 6.07 Å². The lowest BCUT2D eigenvalue weighted by Gasteiger charge is -2.07. The van der Waals surface area contributed by atoms with Crippen molar-refractivity contribution in [3.05, 3.63) is 54.6 Å². The summed E-state index contributed by atoms with van der Waals surface area (Å²) in [4.78, 5) is 7.81. The van der Waals surface area contributed by atoms with E-state index in [1.165, 1.54) is 23.1 Å². The predicted octanol–water partition coefficient (Wildman–Crippen LogP) is 2.93. The summed E-state index contributed by atoms with van der Waals surface area (Å²) in [5, 5.41) is 3.64. The van der Waals surface area contributed by atoms with Crippen LogP contribution in [0.4, 0.5) is 19.0 Å². The molecular weight excluding hydrogens is 295 g/mol. The number of anilines is 1. The summed E-state index contributed by atoms with van der Waals surface area (Å²) >= 11 is 0. The van der Waals surface area contributed by atoms with Gasteiger partial charge in [-0.15, -0.1) is 0 Å². The van der Waals surface area contributed by atoms with E-state index in [2.05, 4.69) is 15.1 Å². The van der Waals surface area contributed by atoms with Gasteiger partial charge in [0.25, 0.3) is 0 Å². The van der Waals surface area contributed by atoms with Crippen molar-refractivity contribution in [3.63, 3.8) is 0 Å². The van der Waals surface area contributed by atoms with Crippen LogP contribution in [0.5, 0.6) is 0 Å². The third kappa shape index (κ3) is 2.62. The minimum Gasteiger partial charge on any atom is -0.384 e. The van der Waals surface area contributed by atoms with Crippen molar-refractivity contribution >= 4 is 5.82 Å². The summed E-state index contributed by atoms with van der Waals surface area (Å²) in [6.07, 6.45) is -0.163.